The molecule has 18 heavy (non-hydrogen) atoms. The summed E-state index contributed by atoms with van der Waals surface area (Å²) in [5.41, 5.74) is 0.239. The number of nitrogens with zero attached hydrogens (tertiary/aromatic N) is 1. The van der Waals surface area contributed by atoms with E-state index in [4.69, 9.17) is 5.11 Å². The number of ether oxygens (including phenoxy) is 1. The molecule has 7 nitrogen and oxygen atoms in total. The summed E-state index contributed by atoms with van der Waals surface area (Å²) in [7, 11) is 1.09. The molecule has 7 heteroatoms. The molecule has 0 saturated heterocycles. The second-order valence-electron chi connectivity index (χ2n) is 3.55. The zero-order valence-electron chi connectivity index (χ0n) is 9.53. The maximum Gasteiger partial charge on any atom is 0.320 e. The van der Waals surface area contributed by atoms with Gasteiger partial charge in [-0.15, -0.1) is 0 Å². The summed E-state index contributed by atoms with van der Waals surface area (Å²) >= 11 is 0. The second kappa shape index (κ2) is 5.76. The SMILES string of the molecule is COC(=O)C(Cc1cccc([N+](=O)[O-])c1)C(=O)O. The van der Waals surface area contributed by atoms with E-state index in [2.05, 4.69) is 4.74 Å². The Morgan fingerprint density at radius 1 is 1.50 bits per heavy atom. The molecule has 1 aromatic carbocycles. The van der Waals surface area contributed by atoms with Crippen LogP contribution in [0.3, 0.4) is 0 Å². The number of carboxylic acids is 1. The van der Waals surface area contributed by atoms with Gasteiger partial charge in [-0.1, -0.05) is 12.1 Å². The molecule has 0 fully saturated rings. The summed E-state index contributed by atoms with van der Waals surface area (Å²) < 4.78 is 4.37. The molecule has 0 aromatic heterocycles. The maximum atomic E-state index is 11.2. The van der Waals surface area contributed by atoms with E-state index >= 15 is 0 Å². The van der Waals surface area contributed by atoms with E-state index in [-0.39, 0.29) is 12.1 Å². The first kappa shape index (κ1) is 13.6. The average molecular weight is 253 g/mol. The van der Waals surface area contributed by atoms with Gasteiger partial charge in [0.05, 0.1) is 12.0 Å². The number of carbonyl (C=O) groups excluding carboxylic acids is 1. The van der Waals surface area contributed by atoms with E-state index in [9.17, 15) is 19.7 Å². The lowest BCUT2D eigenvalue weighted by atomic mass is 9.99. The summed E-state index contributed by atoms with van der Waals surface area (Å²) in [6.45, 7) is 0. The molecule has 1 aromatic rings. The first-order valence-corrected chi connectivity index (χ1v) is 4.99. The van der Waals surface area contributed by atoms with Gasteiger partial charge in [0.25, 0.3) is 5.69 Å². The van der Waals surface area contributed by atoms with Gasteiger partial charge in [-0.05, 0) is 12.0 Å². The van der Waals surface area contributed by atoms with Crippen LogP contribution in [-0.2, 0) is 20.7 Å². The number of methoxy groups -OCH3 is 1. The molecule has 1 unspecified atom stereocenters. The molecule has 0 heterocycles. The van der Waals surface area contributed by atoms with Gasteiger partial charge in [0.2, 0.25) is 0 Å². The topological polar surface area (TPSA) is 107 Å². The number of nitro benzene ring substituents is 1. The third-order valence-corrected chi connectivity index (χ3v) is 2.35. The van der Waals surface area contributed by atoms with E-state index in [0.29, 0.717) is 5.56 Å². The third-order valence-electron chi connectivity index (χ3n) is 2.35. The highest BCUT2D eigenvalue weighted by atomic mass is 16.6. The summed E-state index contributed by atoms with van der Waals surface area (Å²) in [5, 5.41) is 19.4. The Labute approximate surface area is 102 Å². The van der Waals surface area contributed by atoms with Crippen LogP contribution in [0.15, 0.2) is 24.3 Å². The molecular weight excluding hydrogens is 242 g/mol. The van der Waals surface area contributed by atoms with E-state index in [1.54, 1.807) is 0 Å². The van der Waals surface area contributed by atoms with Crippen molar-refractivity contribution in [1.29, 1.82) is 0 Å². The predicted octanol–water partition coefficient (Wildman–Crippen LogP) is 1.01. The molecule has 0 radical (unpaired) electrons. The van der Waals surface area contributed by atoms with Crippen LogP contribution < -0.4 is 0 Å². The summed E-state index contributed by atoms with van der Waals surface area (Å²) in [6, 6.07) is 5.48. The molecule has 1 N–H and O–H groups in total. The molecule has 0 aliphatic carbocycles. The fourth-order valence-corrected chi connectivity index (χ4v) is 1.45. The number of rotatable bonds is 5. The Morgan fingerprint density at radius 3 is 2.67 bits per heavy atom. The van der Waals surface area contributed by atoms with Crippen LogP contribution in [0, 0.1) is 16.0 Å². The van der Waals surface area contributed by atoms with Crippen molar-refractivity contribution >= 4 is 17.6 Å². The number of benzene rings is 1. The van der Waals surface area contributed by atoms with Crippen molar-refractivity contribution in [3.8, 4) is 0 Å². The minimum atomic E-state index is -1.36. The van der Waals surface area contributed by atoms with Crippen LogP contribution in [0.1, 0.15) is 5.56 Å². The van der Waals surface area contributed by atoms with Gasteiger partial charge in [-0.2, -0.15) is 0 Å². The number of aliphatic carboxylic acids is 1. The highest BCUT2D eigenvalue weighted by molar-refractivity contribution is 5.94. The quantitative estimate of drug-likeness (QED) is 0.363. The van der Waals surface area contributed by atoms with E-state index < -0.39 is 22.8 Å². The molecule has 1 rings (SSSR count). The summed E-state index contributed by atoms with van der Waals surface area (Å²) in [5.74, 6) is -3.57. The van der Waals surface area contributed by atoms with Crippen molar-refractivity contribution < 1.29 is 24.4 Å². The Balaban J connectivity index is 2.94. The van der Waals surface area contributed by atoms with Crippen LogP contribution >= 0.6 is 0 Å². The molecular formula is C11H11NO6. The Bertz CT molecular complexity index is 484. The molecule has 1 atom stereocenters. The van der Waals surface area contributed by atoms with Gasteiger partial charge in [0.15, 0.2) is 5.92 Å². The first-order chi connectivity index (χ1) is 8.45. The van der Waals surface area contributed by atoms with Crippen molar-refractivity contribution in [2.75, 3.05) is 7.11 Å². The monoisotopic (exact) mass is 253 g/mol. The summed E-state index contributed by atoms with van der Waals surface area (Å²) in [4.78, 5) is 32.1. The summed E-state index contributed by atoms with van der Waals surface area (Å²) in [6.07, 6.45) is -0.149. The first-order valence-electron chi connectivity index (χ1n) is 4.99. The van der Waals surface area contributed by atoms with Crippen molar-refractivity contribution in [3.63, 3.8) is 0 Å². The van der Waals surface area contributed by atoms with Crippen molar-refractivity contribution in [3.05, 3.63) is 39.9 Å². The Kier molecular flexibility index (Phi) is 4.36. The molecule has 96 valence electrons. The number of nitro groups is 1. The highest BCUT2D eigenvalue weighted by Gasteiger charge is 2.27. The molecule has 0 aliphatic rings. The smallest absolute Gasteiger partial charge is 0.320 e. The van der Waals surface area contributed by atoms with Gasteiger partial charge in [0.1, 0.15) is 0 Å². The second-order valence-corrected chi connectivity index (χ2v) is 3.55. The van der Waals surface area contributed by atoms with Crippen molar-refractivity contribution in [1.82, 2.24) is 0 Å². The van der Waals surface area contributed by atoms with Gasteiger partial charge in [-0.25, -0.2) is 0 Å². The van der Waals surface area contributed by atoms with Crippen LogP contribution in [-0.4, -0.2) is 29.1 Å². The van der Waals surface area contributed by atoms with Gasteiger partial charge in [0, 0.05) is 12.1 Å². The van der Waals surface area contributed by atoms with Gasteiger partial charge < -0.3 is 9.84 Å². The molecule has 0 aliphatic heterocycles. The zero-order valence-corrected chi connectivity index (χ0v) is 9.53. The fourth-order valence-electron chi connectivity index (χ4n) is 1.45. The minimum Gasteiger partial charge on any atom is -0.481 e. The van der Waals surface area contributed by atoms with Crippen LogP contribution in [0.4, 0.5) is 5.69 Å². The van der Waals surface area contributed by atoms with Gasteiger partial charge in [-0.3, -0.25) is 19.7 Å². The number of carboxylic acid groups (broad SMARTS) is 1. The fraction of sp³-hybridized carbons (Fsp3) is 0.273. The lowest BCUT2D eigenvalue weighted by Gasteiger charge is -2.09. The standard InChI is InChI=1S/C11H11NO6/c1-18-11(15)9(10(13)14)6-7-3-2-4-8(5-7)12(16)17/h2-5,9H,6H2,1H3,(H,13,14). The zero-order chi connectivity index (χ0) is 13.7. The lowest BCUT2D eigenvalue weighted by Crippen LogP contribution is -2.27. The Morgan fingerprint density at radius 2 is 2.17 bits per heavy atom. The minimum absolute atomic E-state index is 0.149. The number of carbonyl (C=O) groups is 2. The molecule has 0 amide bonds. The number of non-ortho nitro benzene ring substituents is 1. The van der Waals surface area contributed by atoms with E-state index in [1.807, 2.05) is 0 Å². The van der Waals surface area contributed by atoms with E-state index in [0.717, 1.165) is 7.11 Å². The molecule has 0 spiro atoms. The van der Waals surface area contributed by atoms with Crippen LogP contribution in [0.2, 0.25) is 0 Å². The van der Waals surface area contributed by atoms with Crippen molar-refractivity contribution in [2.24, 2.45) is 5.92 Å². The maximum absolute atomic E-state index is 11.2. The number of esters is 1. The van der Waals surface area contributed by atoms with E-state index in [1.165, 1.54) is 24.3 Å². The third kappa shape index (κ3) is 3.27. The van der Waals surface area contributed by atoms with Crippen LogP contribution in [0.25, 0.3) is 0 Å². The Hall–Kier alpha value is -2.44. The molecule has 0 saturated carbocycles. The number of hydrogen-bond donors (Lipinski definition) is 1. The predicted molar refractivity (Wildman–Crippen MR) is 59.9 cm³/mol. The largest absolute Gasteiger partial charge is 0.481 e. The average Bonchev–Trinajstić information content (AvgIpc) is 2.35. The van der Waals surface area contributed by atoms with Crippen LogP contribution in [0.5, 0.6) is 0 Å². The van der Waals surface area contributed by atoms with Gasteiger partial charge >= 0.3 is 11.9 Å². The molecule has 0 bridgehead atoms. The lowest BCUT2D eigenvalue weighted by molar-refractivity contribution is -0.384. The highest BCUT2D eigenvalue weighted by Crippen LogP contribution is 2.17. The number of hydrogen-bond acceptors (Lipinski definition) is 5. The normalized spacial score (nSPS) is 11.6. The van der Waals surface area contributed by atoms with Crippen molar-refractivity contribution in [2.45, 2.75) is 6.42 Å².